The minimum absolute atomic E-state index is 0.141. The second kappa shape index (κ2) is 7.23. The lowest BCUT2D eigenvalue weighted by Crippen LogP contribution is -2.50. The van der Waals surface area contributed by atoms with E-state index < -0.39 is 0 Å². The van der Waals surface area contributed by atoms with Crippen LogP contribution in [0.1, 0.15) is 47.0 Å². The third-order valence-corrected chi connectivity index (χ3v) is 4.53. The summed E-state index contributed by atoms with van der Waals surface area (Å²) in [6.45, 7) is 11.7. The number of pyridine rings is 1. The van der Waals surface area contributed by atoms with Crippen LogP contribution in [0.25, 0.3) is 0 Å². The molecule has 1 atom stereocenters. The minimum Gasteiger partial charge on any atom is -0.298 e. The van der Waals surface area contributed by atoms with Gasteiger partial charge < -0.3 is 0 Å². The van der Waals surface area contributed by atoms with Crippen molar-refractivity contribution in [3.63, 3.8) is 0 Å². The van der Waals surface area contributed by atoms with Crippen molar-refractivity contribution >= 4 is 11.7 Å². The lowest BCUT2D eigenvalue weighted by atomic mass is 9.83. The van der Waals surface area contributed by atoms with Crippen molar-refractivity contribution < 1.29 is 4.79 Å². The van der Waals surface area contributed by atoms with Gasteiger partial charge >= 0.3 is 0 Å². The zero-order chi connectivity index (χ0) is 16.2. The van der Waals surface area contributed by atoms with E-state index in [1.165, 1.54) is 12.8 Å². The molecular formula is C18H29N3O. The summed E-state index contributed by atoms with van der Waals surface area (Å²) in [6, 6.07) is 6.08. The van der Waals surface area contributed by atoms with Crippen LogP contribution in [0.2, 0.25) is 0 Å². The van der Waals surface area contributed by atoms with E-state index in [1.807, 2.05) is 30.0 Å². The molecular weight excluding hydrogens is 274 g/mol. The number of piperidine rings is 1. The summed E-state index contributed by atoms with van der Waals surface area (Å²) in [6.07, 6.45) is 4.78. The van der Waals surface area contributed by atoms with E-state index in [0.717, 1.165) is 18.9 Å². The van der Waals surface area contributed by atoms with Gasteiger partial charge in [-0.1, -0.05) is 26.8 Å². The largest absolute Gasteiger partial charge is 0.298 e. The molecule has 1 aliphatic rings. The molecule has 1 aromatic heterocycles. The van der Waals surface area contributed by atoms with Crippen molar-refractivity contribution in [2.75, 3.05) is 24.5 Å². The lowest BCUT2D eigenvalue weighted by molar-refractivity contribution is -0.118. The SMILES string of the molecule is CCC(=O)N(CC(C)N1CCCC(C)(C)C1)c1ccccn1. The van der Waals surface area contributed by atoms with Gasteiger partial charge in [-0.3, -0.25) is 14.6 Å². The number of rotatable bonds is 5. The van der Waals surface area contributed by atoms with Crippen LogP contribution in [0.3, 0.4) is 0 Å². The molecule has 1 aromatic rings. The van der Waals surface area contributed by atoms with Crippen LogP contribution in [-0.2, 0) is 4.79 Å². The predicted octanol–water partition coefficient (Wildman–Crippen LogP) is 3.34. The second-order valence-corrected chi connectivity index (χ2v) is 7.13. The van der Waals surface area contributed by atoms with Crippen LogP contribution >= 0.6 is 0 Å². The van der Waals surface area contributed by atoms with Crippen LogP contribution in [-0.4, -0.2) is 41.5 Å². The van der Waals surface area contributed by atoms with Gasteiger partial charge in [0.25, 0.3) is 0 Å². The Labute approximate surface area is 134 Å². The number of nitrogens with zero attached hydrogens (tertiary/aromatic N) is 3. The summed E-state index contributed by atoms with van der Waals surface area (Å²) in [4.78, 5) is 21.0. The smallest absolute Gasteiger partial charge is 0.227 e. The van der Waals surface area contributed by atoms with Gasteiger partial charge in [0.05, 0.1) is 0 Å². The standard InChI is InChI=1S/C18H29N3O/c1-5-17(22)21(16-9-6-7-11-19-16)13-15(2)20-12-8-10-18(3,4)14-20/h6-7,9,11,15H,5,8,10,12-14H2,1-4H3. The number of hydrogen-bond acceptors (Lipinski definition) is 3. The highest BCUT2D eigenvalue weighted by Crippen LogP contribution is 2.29. The fraction of sp³-hybridized carbons (Fsp3) is 0.667. The van der Waals surface area contributed by atoms with Crippen molar-refractivity contribution in [1.29, 1.82) is 0 Å². The number of hydrogen-bond donors (Lipinski definition) is 0. The van der Waals surface area contributed by atoms with Gasteiger partial charge in [0.2, 0.25) is 5.91 Å². The molecule has 0 radical (unpaired) electrons. The zero-order valence-electron chi connectivity index (χ0n) is 14.4. The van der Waals surface area contributed by atoms with E-state index in [-0.39, 0.29) is 5.91 Å². The first kappa shape index (κ1) is 16.9. The molecule has 4 heteroatoms. The average molecular weight is 303 g/mol. The van der Waals surface area contributed by atoms with E-state index in [2.05, 4.69) is 30.7 Å². The van der Waals surface area contributed by atoms with E-state index in [0.29, 0.717) is 24.4 Å². The van der Waals surface area contributed by atoms with Gasteiger partial charge in [0, 0.05) is 31.7 Å². The summed E-state index contributed by atoms with van der Waals surface area (Å²) in [5.74, 6) is 0.902. The Kier molecular flexibility index (Phi) is 5.57. The Hall–Kier alpha value is -1.42. The van der Waals surface area contributed by atoms with Crippen LogP contribution < -0.4 is 4.90 Å². The molecule has 122 valence electrons. The van der Waals surface area contributed by atoms with Gasteiger partial charge in [-0.25, -0.2) is 4.98 Å². The fourth-order valence-corrected chi connectivity index (χ4v) is 3.25. The van der Waals surface area contributed by atoms with Crippen molar-refractivity contribution in [3.8, 4) is 0 Å². The maximum absolute atomic E-state index is 12.3. The van der Waals surface area contributed by atoms with Crippen LogP contribution in [0.4, 0.5) is 5.82 Å². The molecule has 1 saturated heterocycles. The van der Waals surface area contributed by atoms with E-state index >= 15 is 0 Å². The molecule has 4 nitrogen and oxygen atoms in total. The molecule has 1 aliphatic heterocycles. The molecule has 0 spiro atoms. The summed E-state index contributed by atoms with van der Waals surface area (Å²) >= 11 is 0. The highest BCUT2D eigenvalue weighted by Gasteiger charge is 2.30. The summed E-state index contributed by atoms with van der Waals surface area (Å²) < 4.78 is 0. The fourth-order valence-electron chi connectivity index (χ4n) is 3.25. The highest BCUT2D eigenvalue weighted by atomic mass is 16.2. The predicted molar refractivity (Wildman–Crippen MR) is 90.9 cm³/mol. The number of amides is 1. The van der Waals surface area contributed by atoms with Crippen LogP contribution in [0.15, 0.2) is 24.4 Å². The molecule has 0 bridgehead atoms. The Morgan fingerprint density at radius 3 is 2.82 bits per heavy atom. The van der Waals surface area contributed by atoms with Crippen LogP contribution in [0, 0.1) is 5.41 Å². The van der Waals surface area contributed by atoms with Gasteiger partial charge in [0.15, 0.2) is 0 Å². The topological polar surface area (TPSA) is 36.4 Å². The van der Waals surface area contributed by atoms with Gasteiger partial charge in [-0.05, 0) is 43.9 Å². The maximum atomic E-state index is 12.3. The zero-order valence-corrected chi connectivity index (χ0v) is 14.4. The molecule has 1 fully saturated rings. The molecule has 0 N–H and O–H groups in total. The van der Waals surface area contributed by atoms with Crippen molar-refractivity contribution in [1.82, 2.24) is 9.88 Å². The summed E-state index contributed by atoms with van der Waals surface area (Å²) in [7, 11) is 0. The second-order valence-electron chi connectivity index (χ2n) is 7.13. The molecule has 1 amide bonds. The van der Waals surface area contributed by atoms with Gasteiger partial charge in [-0.2, -0.15) is 0 Å². The first-order valence-corrected chi connectivity index (χ1v) is 8.38. The van der Waals surface area contributed by atoms with Gasteiger partial charge in [0.1, 0.15) is 5.82 Å². The number of carbonyl (C=O) groups is 1. The minimum atomic E-state index is 0.141. The Morgan fingerprint density at radius 1 is 1.45 bits per heavy atom. The third-order valence-electron chi connectivity index (χ3n) is 4.53. The third kappa shape index (κ3) is 4.29. The number of likely N-dealkylation sites (tertiary alicyclic amines) is 1. The Bertz CT molecular complexity index is 486. The first-order chi connectivity index (χ1) is 10.4. The van der Waals surface area contributed by atoms with Gasteiger partial charge in [-0.15, -0.1) is 0 Å². The molecule has 0 saturated carbocycles. The molecule has 0 aliphatic carbocycles. The van der Waals surface area contributed by atoms with E-state index in [9.17, 15) is 4.79 Å². The maximum Gasteiger partial charge on any atom is 0.227 e. The monoisotopic (exact) mass is 303 g/mol. The van der Waals surface area contributed by atoms with Crippen molar-refractivity contribution in [2.24, 2.45) is 5.41 Å². The Morgan fingerprint density at radius 2 is 2.23 bits per heavy atom. The van der Waals surface area contributed by atoms with Crippen molar-refractivity contribution in [3.05, 3.63) is 24.4 Å². The van der Waals surface area contributed by atoms with Crippen LogP contribution in [0.5, 0.6) is 0 Å². The van der Waals surface area contributed by atoms with E-state index in [4.69, 9.17) is 0 Å². The molecule has 2 rings (SSSR count). The number of aromatic nitrogens is 1. The molecule has 22 heavy (non-hydrogen) atoms. The number of anilines is 1. The Balaban J connectivity index is 2.08. The van der Waals surface area contributed by atoms with Crippen molar-refractivity contribution in [2.45, 2.75) is 53.0 Å². The molecule has 0 aromatic carbocycles. The van der Waals surface area contributed by atoms with E-state index in [1.54, 1.807) is 6.20 Å². The molecule has 1 unspecified atom stereocenters. The quantitative estimate of drug-likeness (QED) is 0.837. The normalized spacial score (nSPS) is 19.6. The average Bonchev–Trinajstić information content (AvgIpc) is 2.51. The lowest BCUT2D eigenvalue weighted by Gasteiger charge is -2.42. The number of carbonyl (C=O) groups excluding carboxylic acids is 1. The summed E-state index contributed by atoms with van der Waals surface area (Å²) in [5.41, 5.74) is 0.372. The highest BCUT2D eigenvalue weighted by molar-refractivity contribution is 5.92. The summed E-state index contributed by atoms with van der Waals surface area (Å²) in [5, 5.41) is 0. The molecule has 2 heterocycles. The first-order valence-electron chi connectivity index (χ1n) is 8.38.